The van der Waals surface area contributed by atoms with Crippen molar-refractivity contribution in [3.05, 3.63) is 71.5 Å². The fourth-order valence-corrected chi connectivity index (χ4v) is 8.74. The van der Waals surface area contributed by atoms with Crippen molar-refractivity contribution in [1.82, 2.24) is 34.9 Å². The average Bonchev–Trinajstić information content (AvgIpc) is 3.67. The minimum absolute atomic E-state index is 0.00576. The van der Waals surface area contributed by atoms with Crippen molar-refractivity contribution < 1.29 is 41.9 Å². The number of carbonyl (C=O) groups excluding carboxylic acids is 5. The lowest BCUT2D eigenvalue weighted by atomic mass is 9.86. The zero-order chi connectivity index (χ0) is 44.9. The van der Waals surface area contributed by atoms with Gasteiger partial charge in [-0.2, -0.15) is 5.10 Å². The van der Waals surface area contributed by atoms with Crippen LogP contribution in [0.3, 0.4) is 0 Å². The molecule has 340 valence electrons. The molecule has 0 spiro atoms. The molecule has 5 heterocycles. The van der Waals surface area contributed by atoms with Gasteiger partial charge in [-0.3, -0.25) is 38.9 Å². The fourth-order valence-electron chi connectivity index (χ4n) is 8.74. The Morgan fingerprint density at radius 3 is 2.53 bits per heavy atom. The normalized spacial score (nSPS) is 20.0. The molecule has 1 saturated heterocycles. The topological polar surface area (TPSA) is 197 Å². The van der Waals surface area contributed by atoms with Crippen LogP contribution < -0.4 is 20.9 Å². The molecular weight excluding hydrogens is 831 g/mol. The van der Waals surface area contributed by atoms with E-state index >= 15 is 0 Å². The second-order valence-electron chi connectivity index (χ2n) is 17.2. The Hall–Kier alpha value is -6.08. The van der Waals surface area contributed by atoms with Gasteiger partial charge in [-0.05, 0) is 101 Å². The summed E-state index contributed by atoms with van der Waals surface area (Å²) in [4.78, 5) is 77.1. The second-order valence-corrected chi connectivity index (χ2v) is 17.2. The SMILES string of the molecule is CN(CCCOCCCNc1cccc2c1C(=O)N(C1CCC(=O)NC1=O)C2=O)CC1CCC(n2cc(N(C)C(=O)c3coc(-c4ccnc(NCC5CC5)c4)n3)c(C(F)F)n2)CC1. The molecule has 3 N–H and O–H groups in total. The number of pyridine rings is 1. The van der Waals surface area contributed by atoms with Crippen LogP contribution in [0.2, 0.25) is 0 Å². The van der Waals surface area contributed by atoms with E-state index in [2.05, 4.69) is 43.0 Å². The number of alkyl halides is 2. The minimum Gasteiger partial charge on any atom is -0.444 e. The van der Waals surface area contributed by atoms with Crippen LogP contribution in [-0.2, 0) is 14.3 Å². The van der Waals surface area contributed by atoms with Crippen LogP contribution in [0.5, 0.6) is 0 Å². The largest absolute Gasteiger partial charge is 0.444 e. The number of carbonyl (C=O) groups is 5. The zero-order valence-electron chi connectivity index (χ0n) is 36.1. The van der Waals surface area contributed by atoms with Gasteiger partial charge in [-0.15, -0.1) is 0 Å². The van der Waals surface area contributed by atoms with Crippen molar-refractivity contribution >= 4 is 46.7 Å². The maximum absolute atomic E-state index is 14.3. The fraction of sp³-hybridized carbons (Fsp3) is 0.511. The minimum atomic E-state index is -2.87. The summed E-state index contributed by atoms with van der Waals surface area (Å²) in [5.41, 5.74) is 1.20. The number of rotatable bonds is 20. The summed E-state index contributed by atoms with van der Waals surface area (Å²) in [5, 5.41) is 13.0. The highest BCUT2D eigenvalue weighted by Gasteiger charge is 2.45. The molecule has 0 bridgehead atoms. The van der Waals surface area contributed by atoms with Crippen molar-refractivity contribution in [2.24, 2.45) is 11.8 Å². The van der Waals surface area contributed by atoms with E-state index < -0.39 is 47.7 Å². The van der Waals surface area contributed by atoms with E-state index in [1.54, 1.807) is 47.4 Å². The van der Waals surface area contributed by atoms with Crippen molar-refractivity contribution in [3.8, 4) is 11.5 Å². The summed E-state index contributed by atoms with van der Waals surface area (Å²) >= 11 is 0. The molecule has 4 aromatic rings. The van der Waals surface area contributed by atoms with E-state index in [-0.39, 0.29) is 47.3 Å². The zero-order valence-corrected chi connectivity index (χ0v) is 36.1. The first kappa shape index (κ1) is 44.5. The van der Waals surface area contributed by atoms with Crippen molar-refractivity contribution in [1.29, 1.82) is 0 Å². The van der Waals surface area contributed by atoms with Crippen LogP contribution in [0.15, 0.2) is 53.4 Å². The number of benzene rings is 1. The lowest BCUT2D eigenvalue weighted by Crippen LogP contribution is -2.54. The van der Waals surface area contributed by atoms with Gasteiger partial charge in [0.05, 0.1) is 22.9 Å². The highest BCUT2D eigenvalue weighted by atomic mass is 19.3. The van der Waals surface area contributed by atoms with Crippen LogP contribution in [0.1, 0.15) is 114 Å². The summed E-state index contributed by atoms with van der Waals surface area (Å²) in [5.74, 6) is -0.709. The first-order chi connectivity index (χ1) is 30.9. The molecule has 5 amide bonds. The monoisotopic (exact) mass is 884 g/mol. The smallest absolute Gasteiger partial charge is 0.284 e. The predicted molar refractivity (Wildman–Crippen MR) is 231 cm³/mol. The third kappa shape index (κ3) is 10.1. The molecule has 3 aromatic heterocycles. The molecule has 0 radical (unpaired) electrons. The van der Waals surface area contributed by atoms with Crippen molar-refractivity contribution in [2.45, 2.75) is 82.7 Å². The Labute approximate surface area is 369 Å². The first-order valence-electron chi connectivity index (χ1n) is 22.1. The lowest BCUT2D eigenvalue weighted by Gasteiger charge is -2.31. The van der Waals surface area contributed by atoms with Crippen LogP contribution in [0.25, 0.3) is 11.5 Å². The third-order valence-corrected chi connectivity index (χ3v) is 12.4. The number of halogens is 2. The second kappa shape index (κ2) is 19.8. The number of aromatic nitrogens is 4. The molecule has 4 aliphatic rings. The summed E-state index contributed by atoms with van der Waals surface area (Å²) < 4.78 is 41.7. The molecule has 8 rings (SSSR count). The molecule has 1 unspecified atom stereocenters. The predicted octanol–water partition coefficient (Wildman–Crippen LogP) is 5.94. The number of imide groups is 2. The number of oxazole rings is 1. The Bertz CT molecular complexity index is 2360. The third-order valence-electron chi connectivity index (χ3n) is 12.4. The van der Waals surface area contributed by atoms with Crippen LogP contribution >= 0.6 is 0 Å². The van der Waals surface area contributed by atoms with E-state index in [1.807, 2.05) is 0 Å². The number of nitrogens with one attached hydrogen (secondary N) is 3. The molecule has 2 aliphatic heterocycles. The number of anilines is 3. The summed E-state index contributed by atoms with van der Waals surface area (Å²) in [7, 11) is 3.53. The van der Waals surface area contributed by atoms with E-state index in [1.165, 1.54) is 26.2 Å². The Balaban J connectivity index is 0.738. The van der Waals surface area contributed by atoms with Gasteiger partial charge in [0.2, 0.25) is 17.7 Å². The van der Waals surface area contributed by atoms with Gasteiger partial charge in [0.1, 0.15) is 18.1 Å². The number of amides is 5. The standard InChI is InChI=1S/C45H54F2N10O7/c1-54(19-5-21-63-20-4-17-48-32-7-3-6-31-38(32)45(62)57(43(31)60)34-14-15-37(58)52-41(34)59)24-28-10-12-30(13-11-28)56-25-35(39(53-56)40(46)47)55(2)44(61)33-26-64-42(51-33)29-16-18-49-36(22-29)50-23-27-8-9-27/h3,6-7,16,18,22,25-28,30,34,40,48H,4-5,8-15,17,19-21,23-24H2,1-2H3,(H,49,50)(H,52,58,59). The molecule has 17 nitrogen and oxygen atoms in total. The molecule has 64 heavy (non-hydrogen) atoms. The highest BCUT2D eigenvalue weighted by molar-refractivity contribution is 6.25. The number of nitrogens with zero attached hydrogens (tertiary/aromatic N) is 7. The number of piperidine rings is 1. The lowest BCUT2D eigenvalue weighted by molar-refractivity contribution is -0.136. The number of hydrogen-bond donors (Lipinski definition) is 3. The summed E-state index contributed by atoms with van der Waals surface area (Å²) in [6, 6.07) is 7.44. The maximum atomic E-state index is 14.3. The maximum Gasteiger partial charge on any atom is 0.284 e. The molecule has 2 aliphatic carbocycles. The van der Waals surface area contributed by atoms with Gasteiger partial charge in [0.25, 0.3) is 24.1 Å². The highest BCUT2D eigenvalue weighted by Crippen LogP contribution is 2.37. The van der Waals surface area contributed by atoms with Crippen molar-refractivity contribution in [2.75, 3.05) is 69.0 Å². The molecule has 19 heteroatoms. The van der Waals surface area contributed by atoms with Crippen LogP contribution in [0.4, 0.5) is 26.0 Å². The van der Waals surface area contributed by atoms with Gasteiger partial charge in [0.15, 0.2) is 11.4 Å². The van der Waals surface area contributed by atoms with Gasteiger partial charge in [-0.25, -0.2) is 18.7 Å². The van der Waals surface area contributed by atoms with Crippen molar-refractivity contribution in [3.63, 3.8) is 0 Å². The van der Waals surface area contributed by atoms with Gasteiger partial charge in [0, 0.05) is 76.5 Å². The van der Waals surface area contributed by atoms with E-state index in [0.29, 0.717) is 55.1 Å². The summed E-state index contributed by atoms with van der Waals surface area (Å²) in [6.07, 6.45) is 9.02. The molecular formula is C45H54F2N10O7. The van der Waals surface area contributed by atoms with Gasteiger partial charge >= 0.3 is 0 Å². The molecule has 2 saturated carbocycles. The van der Waals surface area contributed by atoms with Crippen LogP contribution in [-0.4, -0.2) is 119 Å². The molecule has 1 atom stereocenters. The van der Waals surface area contributed by atoms with E-state index in [9.17, 15) is 32.8 Å². The number of ether oxygens (including phenoxy) is 1. The van der Waals surface area contributed by atoms with E-state index in [0.717, 1.165) is 61.5 Å². The van der Waals surface area contributed by atoms with Crippen LogP contribution in [0, 0.1) is 11.8 Å². The average molecular weight is 885 g/mol. The quantitative estimate of drug-likeness (QED) is 0.0697. The first-order valence-corrected chi connectivity index (χ1v) is 22.1. The Morgan fingerprint density at radius 2 is 1.77 bits per heavy atom. The number of hydrogen-bond acceptors (Lipinski definition) is 13. The van der Waals surface area contributed by atoms with Gasteiger partial charge < -0.3 is 29.6 Å². The molecule has 3 fully saturated rings. The Morgan fingerprint density at radius 1 is 0.984 bits per heavy atom. The van der Waals surface area contributed by atoms with E-state index in [4.69, 9.17) is 9.15 Å². The number of fused-ring (bicyclic) bond motifs is 1. The Kier molecular flexibility index (Phi) is 13.7. The molecule has 1 aromatic carbocycles. The summed E-state index contributed by atoms with van der Waals surface area (Å²) in [6.45, 7) is 4.19. The van der Waals surface area contributed by atoms with Gasteiger partial charge in [-0.1, -0.05) is 6.07 Å².